The Labute approximate surface area is 246 Å². The van der Waals surface area contributed by atoms with Crippen LogP contribution in [-0.4, -0.2) is 68.9 Å². The molecular formula is C30H34ClN3O6S. The van der Waals surface area contributed by atoms with Crippen LogP contribution < -0.4 is 10.1 Å². The summed E-state index contributed by atoms with van der Waals surface area (Å²) in [5.74, 6) is -0.374. The minimum Gasteiger partial charge on any atom is -0.484 e. The van der Waals surface area contributed by atoms with Gasteiger partial charge in [0.25, 0.3) is 5.91 Å². The summed E-state index contributed by atoms with van der Waals surface area (Å²) in [6.45, 7) is 3.54. The maximum atomic E-state index is 13.7. The first-order valence-electron chi connectivity index (χ1n) is 13.5. The van der Waals surface area contributed by atoms with E-state index in [0.717, 1.165) is 12.0 Å². The van der Waals surface area contributed by atoms with Crippen LogP contribution >= 0.6 is 11.6 Å². The van der Waals surface area contributed by atoms with Crippen LogP contribution in [0.3, 0.4) is 0 Å². The zero-order valence-electron chi connectivity index (χ0n) is 22.9. The molecule has 0 saturated carbocycles. The van der Waals surface area contributed by atoms with E-state index in [9.17, 15) is 18.0 Å². The molecule has 0 aliphatic carbocycles. The van der Waals surface area contributed by atoms with Crippen molar-refractivity contribution in [1.82, 2.24) is 14.5 Å². The lowest BCUT2D eigenvalue weighted by molar-refractivity contribution is -0.143. The maximum absolute atomic E-state index is 13.7. The van der Waals surface area contributed by atoms with Crippen molar-refractivity contribution >= 4 is 33.4 Å². The number of halogens is 1. The predicted octanol–water partition coefficient (Wildman–Crippen LogP) is 4.04. The first-order chi connectivity index (χ1) is 19.8. The predicted molar refractivity (Wildman–Crippen MR) is 156 cm³/mol. The number of ether oxygens (including phenoxy) is 2. The fraction of sp³-hybridized carbons (Fsp3) is 0.333. The first-order valence-corrected chi connectivity index (χ1v) is 15.3. The van der Waals surface area contributed by atoms with Crippen molar-refractivity contribution in [2.24, 2.45) is 0 Å². The quantitative estimate of drug-likeness (QED) is 0.337. The third-order valence-corrected chi connectivity index (χ3v) is 8.77. The minimum absolute atomic E-state index is 0.138. The maximum Gasteiger partial charge on any atom is 0.261 e. The van der Waals surface area contributed by atoms with Crippen molar-refractivity contribution < 1.29 is 27.5 Å². The summed E-state index contributed by atoms with van der Waals surface area (Å²) < 4.78 is 38.3. The summed E-state index contributed by atoms with van der Waals surface area (Å²) >= 11 is 6.07. The van der Waals surface area contributed by atoms with E-state index < -0.39 is 22.0 Å². The van der Waals surface area contributed by atoms with E-state index in [1.807, 2.05) is 49.4 Å². The van der Waals surface area contributed by atoms with Crippen molar-refractivity contribution in [2.45, 2.75) is 30.8 Å². The number of benzene rings is 3. The molecule has 1 fully saturated rings. The Morgan fingerprint density at radius 1 is 1.00 bits per heavy atom. The minimum atomic E-state index is -3.65. The highest BCUT2D eigenvalue weighted by Gasteiger charge is 2.32. The highest BCUT2D eigenvalue weighted by molar-refractivity contribution is 7.89. The molecule has 1 aliphatic heterocycles. The number of rotatable bonds is 12. The van der Waals surface area contributed by atoms with E-state index >= 15 is 0 Å². The second-order valence-corrected chi connectivity index (χ2v) is 11.9. The Morgan fingerprint density at radius 3 is 2.29 bits per heavy atom. The van der Waals surface area contributed by atoms with Crippen molar-refractivity contribution in [3.05, 3.63) is 95.0 Å². The van der Waals surface area contributed by atoms with Crippen molar-refractivity contribution in [2.75, 3.05) is 39.5 Å². The lowest BCUT2D eigenvalue weighted by atomic mass is 10.0. The van der Waals surface area contributed by atoms with Gasteiger partial charge in [0.15, 0.2) is 6.61 Å². The zero-order valence-corrected chi connectivity index (χ0v) is 24.4. The molecule has 41 heavy (non-hydrogen) atoms. The van der Waals surface area contributed by atoms with Crippen LogP contribution in [0.5, 0.6) is 5.75 Å². The summed E-state index contributed by atoms with van der Waals surface area (Å²) in [5.41, 5.74) is 1.46. The highest BCUT2D eigenvalue weighted by atomic mass is 35.5. The molecule has 1 saturated heterocycles. The van der Waals surface area contributed by atoms with Gasteiger partial charge in [-0.1, -0.05) is 61.0 Å². The Kier molecular flexibility index (Phi) is 10.8. The van der Waals surface area contributed by atoms with Crippen LogP contribution in [0, 0.1) is 0 Å². The van der Waals surface area contributed by atoms with Gasteiger partial charge < -0.3 is 19.7 Å². The summed E-state index contributed by atoms with van der Waals surface area (Å²) in [4.78, 5) is 28.7. The Hall–Kier alpha value is -3.44. The average molecular weight is 600 g/mol. The Bertz CT molecular complexity index is 1400. The van der Waals surface area contributed by atoms with E-state index in [4.69, 9.17) is 21.1 Å². The van der Waals surface area contributed by atoms with Gasteiger partial charge in [0.1, 0.15) is 11.8 Å². The molecule has 0 radical (unpaired) electrons. The van der Waals surface area contributed by atoms with E-state index in [0.29, 0.717) is 49.2 Å². The number of morpholine rings is 1. The summed E-state index contributed by atoms with van der Waals surface area (Å²) in [6, 6.07) is 21.3. The highest BCUT2D eigenvalue weighted by Crippen LogP contribution is 2.26. The molecule has 1 heterocycles. The number of sulfonamides is 1. The van der Waals surface area contributed by atoms with Crippen LogP contribution in [0.15, 0.2) is 83.8 Å². The fourth-order valence-electron chi connectivity index (χ4n) is 4.43. The molecule has 0 aromatic heterocycles. The van der Waals surface area contributed by atoms with Crippen LogP contribution in [-0.2, 0) is 30.9 Å². The molecule has 0 spiro atoms. The Balaban J connectivity index is 1.54. The molecule has 1 atom stereocenters. The molecule has 3 aromatic rings. The van der Waals surface area contributed by atoms with Gasteiger partial charge in [-0.25, -0.2) is 8.42 Å². The van der Waals surface area contributed by atoms with Gasteiger partial charge in [-0.05, 0) is 53.9 Å². The smallest absolute Gasteiger partial charge is 0.261 e. The van der Waals surface area contributed by atoms with Crippen molar-refractivity contribution in [1.29, 1.82) is 0 Å². The molecule has 4 rings (SSSR count). The van der Waals surface area contributed by atoms with E-state index in [1.54, 1.807) is 12.1 Å². The number of carbonyl (C=O) groups excluding carboxylic acids is 2. The third-order valence-electron chi connectivity index (χ3n) is 6.60. The van der Waals surface area contributed by atoms with Crippen molar-refractivity contribution in [3.63, 3.8) is 0 Å². The third kappa shape index (κ3) is 8.07. The first kappa shape index (κ1) is 30.5. The number of carbonyl (C=O) groups is 2. The normalized spacial score (nSPS) is 14.7. The largest absolute Gasteiger partial charge is 0.484 e. The van der Waals surface area contributed by atoms with Gasteiger partial charge >= 0.3 is 0 Å². The molecule has 9 nitrogen and oxygen atoms in total. The molecule has 3 aromatic carbocycles. The van der Waals surface area contributed by atoms with Crippen LogP contribution in [0.1, 0.15) is 30.5 Å². The van der Waals surface area contributed by atoms with Gasteiger partial charge in [0.05, 0.1) is 18.1 Å². The monoisotopic (exact) mass is 599 g/mol. The van der Waals surface area contributed by atoms with Gasteiger partial charge in [-0.2, -0.15) is 4.31 Å². The number of hydrogen-bond acceptors (Lipinski definition) is 6. The van der Waals surface area contributed by atoms with Gasteiger partial charge in [0, 0.05) is 31.2 Å². The molecule has 1 N–H and O–H groups in total. The second kappa shape index (κ2) is 14.5. The average Bonchev–Trinajstić information content (AvgIpc) is 3.00. The van der Waals surface area contributed by atoms with E-state index in [1.165, 1.54) is 33.5 Å². The van der Waals surface area contributed by atoms with Gasteiger partial charge in [-0.3, -0.25) is 9.59 Å². The number of amides is 2. The molecule has 11 heteroatoms. The van der Waals surface area contributed by atoms with E-state index in [-0.39, 0.29) is 24.0 Å². The second-order valence-electron chi connectivity index (χ2n) is 9.53. The lowest BCUT2D eigenvalue weighted by Crippen LogP contribution is -2.45. The van der Waals surface area contributed by atoms with Gasteiger partial charge in [0.2, 0.25) is 15.9 Å². The number of nitrogens with zero attached hydrogens (tertiary/aromatic N) is 2. The summed E-state index contributed by atoms with van der Waals surface area (Å²) in [5, 5.41) is 3.48. The SMILES string of the molecule is CCCNC(=O)C(c1ccccc1)N(Cc1ccc(Cl)cc1)C(=O)COc1ccc(S(=O)(=O)N2CCOCC2)cc1. The molecule has 1 aliphatic rings. The molecule has 0 bridgehead atoms. The van der Waals surface area contributed by atoms with Crippen LogP contribution in [0.4, 0.5) is 0 Å². The van der Waals surface area contributed by atoms with Crippen molar-refractivity contribution in [3.8, 4) is 5.75 Å². The number of nitrogens with one attached hydrogen (secondary N) is 1. The van der Waals surface area contributed by atoms with Gasteiger partial charge in [-0.15, -0.1) is 0 Å². The van der Waals surface area contributed by atoms with E-state index in [2.05, 4.69) is 5.32 Å². The molecule has 2 amide bonds. The number of hydrogen-bond donors (Lipinski definition) is 1. The standard InChI is InChI=1S/C30H34ClN3O6S/c1-2-16-32-30(36)29(24-6-4-3-5-7-24)34(21-23-8-10-25(31)11-9-23)28(35)22-40-26-12-14-27(15-13-26)41(37,38)33-17-19-39-20-18-33/h3-15,29H,2,16-22H2,1H3,(H,32,36). The summed E-state index contributed by atoms with van der Waals surface area (Å²) in [7, 11) is -3.65. The Morgan fingerprint density at radius 2 is 1.66 bits per heavy atom. The zero-order chi connectivity index (χ0) is 29.2. The lowest BCUT2D eigenvalue weighted by Gasteiger charge is -2.31. The molecule has 1 unspecified atom stereocenters. The summed E-state index contributed by atoms with van der Waals surface area (Å²) in [6.07, 6.45) is 0.749. The molecule has 218 valence electrons. The van der Waals surface area contributed by atoms with Crippen LogP contribution in [0.25, 0.3) is 0 Å². The molecular weight excluding hydrogens is 566 g/mol. The van der Waals surface area contributed by atoms with Crippen LogP contribution in [0.2, 0.25) is 5.02 Å². The fourth-order valence-corrected chi connectivity index (χ4v) is 5.97. The topological polar surface area (TPSA) is 105 Å².